The standard InChI is InChI=1S/C13H15FN4O3/c1-16-5-4-15-13(16)8-17(2)10-7-12(21-3)9(14)6-11(10)18(19)20/h4-7H,8H2,1-3H3. The summed E-state index contributed by atoms with van der Waals surface area (Å²) in [7, 11) is 4.82. The lowest BCUT2D eigenvalue weighted by Crippen LogP contribution is -2.20. The van der Waals surface area contributed by atoms with Crippen LogP contribution in [0.1, 0.15) is 5.82 Å². The number of aryl methyl sites for hydroxylation is 1. The predicted molar refractivity (Wildman–Crippen MR) is 74.9 cm³/mol. The molecule has 0 atom stereocenters. The van der Waals surface area contributed by atoms with Crippen molar-refractivity contribution in [3.8, 4) is 5.75 Å². The molecule has 21 heavy (non-hydrogen) atoms. The number of halogens is 1. The van der Waals surface area contributed by atoms with Gasteiger partial charge >= 0.3 is 0 Å². The van der Waals surface area contributed by atoms with E-state index in [0.29, 0.717) is 6.54 Å². The third-order valence-corrected chi connectivity index (χ3v) is 3.16. The number of aromatic nitrogens is 2. The van der Waals surface area contributed by atoms with Gasteiger partial charge in [-0.2, -0.15) is 0 Å². The van der Waals surface area contributed by atoms with E-state index in [0.717, 1.165) is 11.9 Å². The zero-order valence-corrected chi connectivity index (χ0v) is 11.9. The molecule has 0 N–H and O–H groups in total. The van der Waals surface area contributed by atoms with Gasteiger partial charge < -0.3 is 14.2 Å². The number of rotatable bonds is 5. The Bertz CT molecular complexity index is 671. The van der Waals surface area contributed by atoms with Crippen molar-refractivity contribution in [2.75, 3.05) is 19.1 Å². The van der Waals surface area contributed by atoms with Gasteiger partial charge in [-0.15, -0.1) is 0 Å². The molecule has 1 aromatic heterocycles. The Hall–Kier alpha value is -2.64. The molecule has 1 aromatic carbocycles. The highest BCUT2D eigenvalue weighted by Crippen LogP contribution is 2.34. The number of anilines is 1. The van der Waals surface area contributed by atoms with E-state index in [1.165, 1.54) is 13.2 Å². The van der Waals surface area contributed by atoms with Crippen LogP contribution >= 0.6 is 0 Å². The minimum atomic E-state index is -0.765. The summed E-state index contributed by atoms with van der Waals surface area (Å²) in [5.41, 5.74) is -0.0498. The molecular weight excluding hydrogens is 279 g/mol. The monoisotopic (exact) mass is 294 g/mol. The molecule has 7 nitrogen and oxygen atoms in total. The zero-order chi connectivity index (χ0) is 15.6. The quantitative estimate of drug-likeness (QED) is 0.623. The lowest BCUT2D eigenvalue weighted by atomic mass is 10.2. The molecule has 0 fully saturated rings. The molecule has 1 heterocycles. The first-order valence-corrected chi connectivity index (χ1v) is 6.13. The molecule has 0 unspecified atom stereocenters. The highest BCUT2D eigenvalue weighted by molar-refractivity contribution is 5.65. The molecule has 2 aromatic rings. The van der Waals surface area contributed by atoms with Crippen LogP contribution in [0, 0.1) is 15.9 Å². The minimum Gasteiger partial charge on any atom is -0.494 e. The van der Waals surface area contributed by atoms with Crippen LogP contribution in [-0.4, -0.2) is 28.6 Å². The van der Waals surface area contributed by atoms with Crippen LogP contribution in [0.4, 0.5) is 15.8 Å². The summed E-state index contributed by atoms with van der Waals surface area (Å²) in [5.74, 6) is -0.0734. The van der Waals surface area contributed by atoms with E-state index in [2.05, 4.69) is 4.98 Å². The maximum atomic E-state index is 13.6. The Kier molecular flexibility index (Phi) is 4.06. The molecule has 2 rings (SSSR count). The maximum absolute atomic E-state index is 13.6. The molecule has 0 saturated heterocycles. The topological polar surface area (TPSA) is 73.4 Å². The SMILES string of the molecule is COc1cc(N(C)Cc2nccn2C)c([N+](=O)[O-])cc1F. The van der Waals surface area contributed by atoms with E-state index >= 15 is 0 Å². The highest BCUT2D eigenvalue weighted by Gasteiger charge is 2.22. The van der Waals surface area contributed by atoms with Crippen molar-refractivity contribution in [2.45, 2.75) is 6.54 Å². The summed E-state index contributed by atoms with van der Waals surface area (Å²) in [6, 6.07) is 2.18. The molecular formula is C13H15FN4O3. The third-order valence-electron chi connectivity index (χ3n) is 3.16. The number of methoxy groups -OCH3 is 1. The van der Waals surface area contributed by atoms with E-state index in [1.807, 2.05) is 11.6 Å². The molecule has 0 bridgehead atoms. The number of nitro benzene ring substituents is 1. The Morgan fingerprint density at radius 1 is 1.52 bits per heavy atom. The molecule has 0 spiro atoms. The van der Waals surface area contributed by atoms with Crippen LogP contribution in [0.5, 0.6) is 5.75 Å². The predicted octanol–water partition coefficient (Wildman–Crippen LogP) is 2.11. The molecule has 0 radical (unpaired) electrons. The summed E-state index contributed by atoms with van der Waals surface area (Å²) in [6.45, 7) is 0.346. The Balaban J connectivity index is 2.41. The number of nitrogens with zero attached hydrogens (tertiary/aromatic N) is 4. The molecule has 8 heteroatoms. The van der Waals surface area contributed by atoms with E-state index in [1.54, 1.807) is 24.3 Å². The van der Waals surface area contributed by atoms with E-state index in [4.69, 9.17) is 4.74 Å². The van der Waals surface area contributed by atoms with Gasteiger partial charge in [0, 0.05) is 32.6 Å². The summed E-state index contributed by atoms with van der Waals surface area (Å²) in [6.07, 6.45) is 3.42. The van der Waals surface area contributed by atoms with Crippen LogP contribution < -0.4 is 9.64 Å². The third kappa shape index (κ3) is 2.93. The number of hydrogen-bond acceptors (Lipinski definition) is 5. The normalized spacial score (nSPS) is 10.5. The minimum absolute atomic E-state index is 0.0395. The van der Waals surface area contributed by atoms with Gasteiger partial charge in [0.25, 0.3) is 5.69 Å². The molecule has 0 aliphatic rings. The van der Waals surface area contributed by atoms with Gasteiger partial charge in [0.15, 0.2) is 11.6 Å². The number of imidazole rings is 1. The summed E-state index contributed by atoms with van der Waals surface area (Å²) >= 11 is 0. The second kappa shape index (κ2) is 5.78. The average molecular weight is 294 g/mol. The smallest absolute Gasteiger partial charge is 0.295 e. The maximum Gasteiger partial charge on any atom is 0.295 e. The first-order chi connectivity index (χ1) is 9.93. The molecule has 0 amide bonds. The molecule has 0 saturated carbocycles. The van der Waals surface area contributed by atoms with Crippen molar-refractivity contribution in [1.29, 1.82) is 0 Å². The molecule has 0 aliphatic heterocycles. The van der Waals surface area contributed by atoms with Crippen LogP contribution in [0.15, 0.2) is 24.5 Å². The van der Waals surface area contributed by atoms with Crippen molar-refractivity contribution in [2.24, 2.45) is 7.05 Å². The van der Waals surface area contributed by atoms with Crippen molar-refractivity contribution >= 4 is 11.4 Å². The fourth-order valence-electron chi connectivity index (χ4n) is 1.99. The Morgan fingerprint density at radius 3 is 2.76 bits per heavy atom. The average Bonchev–Trinajstić information content (AvgIpc) is 2.83. The van der Waals surface area contributed by atoms with Crippen LogP contribution in [0.2, 0.25) is 0 Å². The van der Waals surface area contributed by atoms with Gasteiger partial charge in [-0.25, -0.2) is 9.37 Å². The molecule has 112 valence electrons. The first-order valence-electron chi connectivity index (χ1n) is 6.13. The highest BCUT2D eigenvalue weighted by atomic mass is 19.1. The number of benzene rings is 1. The van der Waals surface area contributed by atoms with Crippen LogP contribution in [-0.2, 0) is 13.6 Å². The van der Waals surface area contributed by atoms with Crippen molar-refractivity contribution in [3.05, 3.63) is 46.3 Å². The lowest BCUT2D eigenvalue weighted by Gasteiger charge is -2.19. The lowest BCUT2D eigenvalue weighted by molar-refractivity contribution is -0.384. The fraction of sp³-hybridized carbons (Fsp3) is 0.308. The number of hydrogen-bond donors (Lipinski definition) is 0. The second-order valence-corrected chi connectivity index (χ2v) is 4.54. The van der Waals surface area contributed by atoms with Gasteiger partial charge in [-0.3, -0.25) is 10.1 Å². The summed E-state index contributed by atoms with van der Waals surface area (Å²) in [5, 5.41) is 11.1. The van der Waals surface area contributed by atoms with Crippen molar-refractivity contribution in [3.63, 3.8) is 0 Å². The number of nitro groups is 1. The van der Waals surface area contributed by atoms with E-state index in [-0.39, 0.29) is 17.1 Å². The van der Waals surface area contributed by atoms with E-state index < -0.39 is 10.7 Å². The Labute approximate surface area is 120 Å². The van der Waals surface area contributed by atoms with Crippen LogP contribution in [0.25, 0.3) is 0 Å². The van der Waals surface area contributed by atoms with Crippen molar-refractivity contribution < 1.29 is 14.1 Å². The Morgan fingerprint density at radius 2 is 2.24 bits per heavy atom. The van der Waals surface area contributed by atoms with Gasteiger partial charge in [0.2, 0.25) is 0 Å². The fourth-order valence-corrected chi connectivity index (χ4v) is 1.99. The van der Waals surface area contributed by atoms with Gasteiger partial charge in [0.05, 0.1) is 24.6 Å². The van der Waals surface area contributed by atoms with E-state index in [9.17, 15) is 14.5 Å². The first kappa shape index (κ1) is 14.8. The second-order valence-electron chi connectivity index (χ2n) is 4.54. The zero-order valence-electron chi connectivity index (χ0n) is 11.9. The van der Waals surface area contributed by atoms with Gasteiger partial charge in [-0.1, -0.05) is 0 Å². The van der Waals surface area contributed by atoms with Crippen molar-refractivity contribution in [1.82, 2.24) is 9.55 Å². The van der Waals surface area contributed by atoms with Crippen LogP contribution in [0.3, 0.4) is 0 Å². The number of ether oxygens (including phenoxy) is 1. The van der Waals surface area contributed by atoms with Gasteiger partial charge in [-0.05, 0) is 0 Å². The largest absolute Gasteiger partial charge is 0.494 e. The summed E-state index contributed by atoms with van der Waals surface area (Å²) < 4.78 is 20.3. The van der Waals surface area contributed by atoms with Gasteiger partial charge in [0.1, 0.15) is 11.5 Å². The summed E-state index contributed by atoms with van der Waals surface area (Å²) in [4.78, 5) is 16.3. The molecule has 0 aliphatic carbocycles.